The molecule has 0 fully saturated rings. The van der Waals surface area contributed by atoms with E-state index in [1.54, 1.807) is 40.5 Å². The smallest absolute Gasteiger partial charge is 0.234 e. The maximum Gasteiger partial charge on any atom is 0.234 e. The maximum absolute atomic E-state index is 13.6. The number of allylic oxidation sites excluding steroid dienone is 3. The standard InChI is InChI=1S/C28H25N7O2S3/c1-15-8-9-21(39-15)23-17(13-30)25(31)35(19-10-28(2,3)11-20(36)24(19)23)26-33-34-27(40-26)38-14-22(37)32-18-7-5-4-6-16(18)12-29/h4-9,23H,10-11,14,31H2,1-3H3,(H,32,37). The molecule has 1 unspecified atom stereocenters. The summed E-state index contributed by atoms with van der Waals surface area (Å²) in [5, 5.41) is 31.2. The van der Waals surface area contributed by atoms with E-state index in [-0.39, 0.29) is 28.7 Å². The highest BCUT2D eigenvalue weighted by Gasteiger charge is 2.45. The fraction of sp³-hybridized carbons (Fsp3) is 0.286. The van der Waals surface area contributed by atoms with E-state index in [4.69, 9.17) is 5.73 Å². The van der Waals surface area contributed by atoms with Crippen molar-refractivity contribution in [3.05, 3.63) is 74.4 Å². The molecule has 3 N–H and O–H groups in total. The molecule has 2 aliphatic rings. The van der Waals surface area contributed by atoms with E-state index in [9.17, 15) is 20.1 Å². The Kier molecular flexibility index (Phi) is 7.51. The monoisotopic (exact) mass is 587 g/mol. The molecular formula is C28H25N7O2S3. The molecule has 1 atom stereocenters. The fourth-order valence-electron chi connectivity index (χ4n) is 4.97. The molecule has 0 saturated carbocycles. The summed E-state index contributed by atoms with van der Waals surface area (Å²) in [5.41, 5.74) is 8.85. The van der Waals surface area contributed by atoms with Gasteiger partial charge in [0.15, 0.2) is 10.1 Å². The summed E-state index contributed by atoms with van der Waals surface area (Å²) in [5.74, 6) is -0.502. The molecule has 0 radical (unpaired) electrons. The number of hydrogen-bond donors (Lipinski definition) is 2. The predicted octanol–water partition coefficient (Wildman–Crippen LogP) is 5.45. The fourth-order valence-corrected chi connectivity index (χ4v) is 7.65. The van der Waals surface area contributed by atoms with Gasteiger partial charge < -0.3 is 11.1 Å². The van der Waals surface area contributed by atoms with Crippen molar-refractivity contribution in [1.29, 1.82) is 10.5 Å². The molecule has 1 aliphatic carbocycles. The van der Waals surface area contributed by atoms with Crippen LogP contribution in [0.4, 0.5) is 10.8 Å². The molecule has 2 aromatic heterocycles. The van der Waals surface area contributed by atoms with E-state index in [1.807, 2.05) is 32.9 Å². The molecule has 5 rings (SSSR count). The summed E-state index contributed by atoms with van der Waals surface area (Å²) in [6.45, 7) is 6.08. The first-order valence-corrected chi connectivity index (χ1v) is 15.0. The van der Waals surface area contributed by atoms with Crippen LogP contribution in [0.15, 0.2) is 63.4 Å². The van der Waals surface area contributed by atoms with Crippen LogP contribution in [-0.2, 0) is 9.59 Å². The van der Waals surface area contributed by atoms with E-state index >= 15 is 0 Å². The van der Waals surface area contributed by atoms with Gasteiger partial charge in [0.2, 0.25) is 11.0 Å². The number of thiophene rings is 1. The molecule has 202 valence electrons. The average molecular weight is 588 g/mol. The minimum Gasteiger partial charge on any atom is -0.384 e. The number of nitriles is 2. The van der Waals surface area contributed by atoms with E-state index in [2.05, 4.69) is 27.7 Å². The summed E-state index contributed by atoms with van der Waals surface area (Å²) >= 11 is 4.00. The van der Waals surface area contributed by atoms with Gasteiger partial charge in [-0.1, -0.05) is 49.1 Å². The molecule has 1 aliphatic heterocycles. The maximum atomic E-state index is 13.6. The van der Waals surface area contributed by atoms with Gasteiger partial charge in [-0.15, -0.1) is 21.5 Å². The van der Waals surface area contributed by atoms with E-state index in [0.717, 1.165) is 15.5 Å². The van der Waals surface area contributed by atoms with Crippen molar-refractivity contribution in [3.8, 4) is 12.1 Å². The molecule has 0 saturated heterocycles. The van der Waals surface area contributed by atoms with Crippen LogP contribution in [0.3, 0.4) is 0 Å². The molecule has 1 amide bonds. The number of carbonyl (C=O) groups excluding carboxylic acids is 2. The van der Waals surface area contributed by atoms with Crippen molar-refractivity contribution in [3.63, 3.8) is 0 Å². The Morgan fingerprint density at radius 1 is 1.18 bits per heavy atom. The number of nitrogens with zero attached hydrogens (tertiary/aromatic N) is 5. The number of rotatable bonds is 6. The number of para-hydroxylation sites is 1. The summed E-state index contributed by atoms with van der Waals surface area (Å²) in [6, 6.07) is 15.1. The SMILES string of the molecule is Cc1ccc(C2C(C#N)=C(N)N(c3nnc(SCC(=O)Nc4ccccc4C#N)s3)C3=C2C(=O)CC(C)(C)C3)s1. The normalized spacial score (nSPS) is 18.3. The number of aryl methyl sites for hydroxylation is 1. The Morgan fingerprint density at radius 3 is 2.65 bits per heavy atom. The number of hydrogen-bond acceptors (Lipinski definition) is 11. The third-order valence-electron chi connectivity index (χ3n) is 6.66. The minimum absolute atomic E-state index is 0.000915. The lowest BCUT2D eigenvalue weighted by Gasteiger charge is -2.42. The summed E-state index contributed by atoms with van der Waals surface area (Å²) < 4.78 is 0.532. The first-order chi connectivity index (χ1) is 19.1. The van der Waals surface area contributed by atoms with Crippen LogP contribution in [-0.4, -0.2) is 27.6 Å². The van der Waals surface area contributed by atoms with Crippen LogP contribution in [0.25, 0.3) is 0 Å². The van der Waals surface area contributed by atoms with Gasteiger partial charge in [-0.2, -0.15) is 10.5 Å². The van der Waals surface area contributed by atoms with Crippen molar-refractivity contribution in [1.82, 2.24) is 10.2 Å². The molecule has 12 heteroatoms. The number of thioether (sulfide) groups is 1. The number of nitrogens with one attached hydrogen (secondary N) is 1. The lowest BCUT2D eigenvalue weighted by atomic mass is 9.70. The highest BCUT2D eigenvalue weighted by atomic mass is 32.2. The van der Waals surface area contributed by atoms with Gasteiger partial charge in [0.25, 0.3) is 0 Å². The number of carbonyl (C=O) groups is 2. The molecule has 9 nitrogen and oxygen atoms in total. The van der Waals surface area contributed by atoms with Crippen molar-refractivity contribution in [2.45, 2.75) is 43.9 Å². The molecule has 3 aromatic rings. The van der Waals surface area contributed by atoms with E-state index in [0.29, 0.717) is 44.7 Å². The third kappa shape index (κ3) is 5.26. The second-order valence-corrected chi connectivity index (χ2v) is 13.8. The Morgan fingerprint density at radius 2 is 1.95 bits per heavy atom. The lowest BCUT2D eigenvalue weighted by Crippen LogP contribution is -2.42. The van der Waals surface area contributed by atoms with Gasteiger partial charge in [-0.3, -0.25) is 14.5 Å². The lowest BCUT2D eigenvalue weighted by molar-refractivity contribution is -0.118. The van der Waals surface area contributed by atoms with Gasteiger partial charge in [-0.05, 0) is 43.0 Å². The zero-order chi connectivity index (χ0) is 28.6. The predicted molar refractivity (Wildman–Crippen MR) is 157 cm³/mol. The number of ketones is 1. The van der Waals surface area contributed by atoms with Crippen LogP contribution >= 0.6 is 34.4 Å². The zero-order valence-electron chi connectivity index (χ0n) is 22.0. The summed E-state index contributed by atoms with van der Waals surface area (Å²) in [4.78, 5) is 29.9. The Bertz CT molecular complexity index is 1670. The van der Waals surface area contributed by atoms with Crippen molar-refractivity contribution in [2.75, 3.05) is 16.0 Å². The number of amides is 1. The second-order valence-electron chi connectivity index (χ2n) is 10.3. The number of Topliss-reactive ketones (excluding diaryl/α,β-unsaturated/α-hetero) is 1. The van der Waals surface area contributed by atoms with Gasteiger partial charge >= 0.3 is 0 Å². The largest absolute Gasteiger partial charge is 0.384 e. The van der Waals surface area contributed by atoms with Crippen LogP contribution in [0.1, 0.15) is 47.9 Å². The second kappa shape index (κ2) is 10.9. The Balaban J connectivity index is 1.45. The van der Waals surface area contributed by atoms with Gasteiger partial charge in [0, 0.05) is 27.4 Å². The van der Waals surface area contributed by atoms with Crippen LogP contribution in [0.5, 0.6) is 0 Å². The quantitative estimate of drug-likeness (QED) is 0.359. The minimum atomic E-state index is -0.514. The van der Waals surface area contributed by atoms with Crippen molar-refractivity contribution < 1.29 is 9.59 Å². The Hall–Kier alpha value is -3.97. The number of aromatic nitrogens is 2. The van der Waals surface area contributed by atoms with Gasteiger partial charge in [0.05, 0.1) is 34.6 Å². The summed E-state index contributed by atoms with van der Waals surface area (Å²) in [6.07, 6.45) is 0.956. The van der Waals surface area contributed by atoms with Crippen molar-refractivity contribution in [2.24, 2.45) is 11.1 Å². The topological polar surface area (TPSA) is 149 Å². The third-order valence-corrected chi connectivity index (χ3v) is 9.77. The number of nitrogens with two attached hydrogens (primary N) is 1. The summed E-state index contributed by atoms with van der Waals surface area (Å²) in [7, 11) is 0. The highest BCUT2D eigenvalue weighted by molar-refractivity contribution is 8.01. The molecule has 1 aromatic carbocycles. The molecular weight excluding hydrogens is 563 g/mol. The first kappa shape index (κ1) is 27.6. The van der Waals surface area contributed by atoms with Crippen LogP contribution in [0.2, 0.25) is 0 Å². The zero-order valence-corrected chi connectivity index (χ0v) is 24.5. The van der Waals surface area contributed by atoms with Gasteiger partial charge in [-0.25, -0.2) is 0 Å². The van der Waals surface area contributed by atoms with Crippen molar-refractivity contribution >= 4 is 56.9 Å². The highest BCUT2D eigenvalue weighted by Crippen LogP contribution is 2.51. The van der Waals surface area contributed by atoms with Gasteiger partial charge in [0.1, 0.15) is 11.9 Å². The molecule has 3 heterocycles. The average Bonchev–Trinajstić information content (AvgIpc) is 3.55. The molecule has 0 spiro atoms. The molecule has 0 bridgehead atoms. The number of anilines is 2. The van der Waals surface area contributed by atoms with E-state index < -0.39 is 5.92 Å². The first-order valence-electron chi connectivity index (χ1n) is 12.4. The number of benzene rings is 1. The Labute approximate surface area is 244 Å². The molecule has 40 heavy (non-hydrogen) atoms. The van der Waals surface area contributed by atoms with Crippen LogP contribution < -0.4 is 16.0 Å². The van der Waals surface area contributed by atoms with Crippen LogP contribution in [0, 0.1) is 35.0 Å². The van der Waals surface area contributed by atoms with E-state index in [1.165, 1.54) is 23.1 Å².